The number of aliphatic hydroxyl groups is 1. The van der Waals surface area contributed by atoms with Gasteiger partial charge in [-0.15, -0.1) is 0 Å². The normalized spacial score (nSPS) is 12.3. The number of methoxy groups -OCH3 is 3. The maximum Gasteiger partial charge on any atom is 0.422 e. The SMILES string of the molecule is COc1cc(C=Cc2ccc(OCC(F)(F)F)c(NN[C@@H](CO)C(N)=O)c2)cc(OC)c1OC. The number of hydrogen-bond acceptors (Lipinski definition) is 8. The van der Waals surface area contributed by atoms with Gasteiger partial charge in [-0.1, -0.05) is 18.2 Å². The molecule has 0 bridgehead atoms. The summed E-state index contributed by atoms with van der Waals surface area (Å²) in [6, 6.07) is 6.64. The molecule has 2 aromatic rings. The molecule has 0 spiro atoms. The average molecular weight is 485 g/mol. The van der Waals surface area contributed by atoms with E-state index in [0.29, 0.717) is 28.4 Å². The summed E-state index contributed by atoms with van der Waals surface area (Å²) < 4.78 is 58.6. The van der Waals surface area contributed by atoms with Crippen LogP contribution in [0.5, 0.6) is 23.0 Å². The molecule has 2 rings (SSSR count). The fourth-order valence-corrected chi connectivity index (χ4v) is 2.80. The molecule has 2 aromatic carbocycles. The Kier molecular flexibility index (Phi) is 9.39. The van der Waals surface area contributed by atoms with Crippen LogP contribution in [0.3, 0.4) is 0 Å². The molecule has 0 saturated carbocycles. The Balaban J connectivity index is 2.34. The van der Waals surface area contributed by atoms with Crippen LogP contribution in [0.2, 0.25) is 0 Å². The number of nitrogens with one attached hydrogen (secondary N) is 2. The molecule has 5 N–H and O–H groups in total. The number of anilines is 1. The van der Waals surface area contributed by atoms with Gasteiger partial charge in [0.2, 0.25) is 11.7 Å². The summed E-state index contributed by atoms with van der Waals surface area (Å²) in [6.45, 7) is -2.14. The molecule has 1 amide bonds. The zero-order valence-corrected chi connectivity index (χ0v) is 18.7. The van der Waals surface area contributed by atoms with Gasteiger partial charge in [0.25, 0.3) is 0 Å². The number of ether oxygens (including phenoxy) is 4. The molecule has 34 heavy (non-hydrogen) atoms. The number of alkyl halides is 3. The first kappa shape index (κ1) is 26.6. The predicted molar refractivity (Wildman–Crippen MR) is 120 cm³/mol. The van der Waals surface area contributed by atoms with Crippen molar-refractivity contribution in [3.05, 3.63) is 41.5 Å². The Morgan fingerprint density at radius 3 is 2.15 bits per heavy atom. The Labute approximate surface area is 194 Å². The van der Waals surface area contributed by atoms with Gasteiger partial charge in [-0.3, -0.25) is 4.79 Å². The quantitative estimate of drug-likeness (QED) is 0.267. The van der Waals surface area contributed by atoms with E-state index in [-0.39, 0.29) is 11.4 Å². The Bertz CT molecular complexity index is 989. The van der Waals surface area contributed by atoms with E-state index in [1.54, 1.807) is 30.4 Å². The molecule has 186 valence electrons. The van der Waals surface area contributed by atoms with Gasteiger partial charge in [0, 0.05) is 0 Å². The number of benzene rings is 2. The molecule has 0 aliphatic carbocycles. The number of nitrogens with two attached hydrogens (primary N) is 1. The molecule has 0 fully saturated rings. The number of carbonyl (C=O) groups is 1. The van der Waals surface area contributed by atoms with Crippen molar-refractivity contribution < 1.29 is 42.0 Å². The van der Waals surface area contributed by atoms with Crippen LogP contribution in [0, 0.1) is 0 Å². The van der Waals surface area contributed by atoms with Crippen LogP contribution in [0.15, 0.2) is 30.3 Å². The number of hydrogen-bond donors (Lipinski definition) is 4. The Morgan fingerprint density at radius 1 is 1.03 bits per heavy atom. The van der Waals surface area contributed by atoms with Crippen LogP contribution in [-0.2, 0) is 4.79 Å². The lowest BCUT2D eigenvalue weighted by molar-refractivity contribution is -0.153. The molecule has 0 unspecified atom stereocenters. The van der Waals surface area contributed by atoms with Crippen molar-refractivity contribution in [2.45, 2.75) is 12.2 Å². The van der Waals surface area contributed by atoms with Crippen molar-refractivity contribution in [1.29, 1.82) is 0 Å². The number of halogens is 3. The molecular formula is C22H26F3N3O6. The van der Waals surface area contributed by atoms with E-state index in [1.807, 2.05) is 0 Å². The zero-order valence-electron chi connectivity index (χ0n) is 18.7. The summed E-state index contributed by atoms with van der Waals surface area (Å²) in [7, 11) is 4.46. The molecule has 0 aliphatic heterocycles. The third kappa shape index (κ3) is 7.46. The van der Waals surface area contributed by atoms with Gasteiger partial charge in [-0.25, -0.2) is 5.43 Å². The van der Waals surface area contributed by atoms with Gasteiger partial charge in [0.15, 0.2) is 18.1 Å². The Hall–Kier alpha value is -3.64. The molecule has 0 radical (unpaired) electrons. The van der Waals surface area contributed by atoms with E-state index in [9.17, 15) is 23.1 Å². The van der Waals surface area contributed by atoms with Crippen molar-refractivity contribution in [3.8, 4) is 23.0 Å². The zero-order chi connectivity index (χ0) is 25.3. The van der Waals surface area contributed by atoms with Crippen LogP contribution in [0.1, 0.15) is 11.1 Å². The number of aliphatic hydroxyl groups excluding tert-OH is 1. The summed E-state index contributed by atoms with van der Waals surface area (Å²) in [5, 5.41) is 9.22. The van der Waals surface area contributed by atoms with Crippen LogP contribution in [0.4, 0.5) is 18.9 Å². The minimum atomic E-state index is -4.55. The summed E-state index contributed by atoms with van der Waals surface area (Å²) in [5.74, 6) is 0.344. The van der Waals surface area contributed by atoms with E-state index < -0.39 is 31.3 Å². The molecule has 0 aliphatic rings. The number of primary amides is 1. The second-order valence-corrected chi connectivity index (χ2v) is 6.86. The fourth-order valence-electron chi connectivity index (χ4n) is 2.80. The van der Waals surface area contributed by atoms with Crippen molar-refractivity contribution in [2.24, 2.45) is 5.73 Å². The van der Waals surface area contributed by atoms with Crippen LogP contribution < -0.4 is 35.5 Å². The molecule has 0 heterocycles. The third-order valence-corrected chi connectivity index (χ3v) is 4.46. The monoisotopic (exact) mass is 485 g/mol. The maximum atomic E-state index is 12.6. The third-order valence-electron chi connectivity index (χ3n) is 4.46. The van der Waals surface area contributed by atoms with E-state index in [4.69, 9.17) is 24.7 Å². The first-order valence-corrected chi connectivity index (χ1v) is 9.85. The molecular weight excluding hydrogens is 459 g/mol. The summed E-state index contributed by atoms with van der Waals surface area (Å²) in [6.07, 6.45) is -1.12. The van der Waals surface area contributed by atoms with Gasteiger partial charge in [-0.05, 0) is 35.4 Å². The van der Waals surface area contributed by atoms with Crippen molar-refractivity contribution >= 4 is 23.7 Å². The van der Waals surface area contributed by atoms with Gasteiger partial charge >= 0.3 is 6.18 Å². The molecule has 0 aromatic heterocycles. The van der Waals surface area contributed by atoms with Gasteiger partial charge in [0.1, 0.15) is 11.8 Å². The van der Waals surface area contributed by atoms with E-state index >= 15 is 0 Å². The van der Waals surface area contributed by atoms with Crippen LogP contribution in [-0.4, -0.2) is 57.8 Å². The summed E-state index contributed by atoms with van der Waals surface area (Å²) in [5.41, 5.74) is 11.6. The molecule has 9 nitrogen and oxygen atoms in total. The highest BCUT2D eigenvalue weighted by molar-refractivity contribution is 5.80. The largest absolute Gasteiger partial charge is 0.493 e. The maximum absolute atomic E-state index is 12.6. The number of amides is 1. The lowest BCUT2D eigenvalue weighted by atomic mass is 10.1. The number of rotatable bonds is 12. The van der Waals surface area contributed by atoms with Gasteiger partial charge in [-0.2, -0.15) is 13.2 Å². The van der Waals surface area contributed by atoms with Crippen LogP contribution >= 0.6 is 0 Å². The topological polar surface area (TPSA) is 124 Å². The van der Waals surface area contributed by atoms with E-state index in [2.05, 4.69) is 10.9 Å². The number of hydrazine groups is 1. The van der Waals surface area contributed by atoms with Crippen molar-refractivity contribution in [2.75, 3.05) is 40.0 Å². The highest BCUT2D eigenvalue weighted by Crippen LogP contribution is 2.38. The lowest BCUT2D eigenvalue weighted by Crippen LogP contribution is -2.46. The molecule has 0 saturated heterocycles. The standard InChI is InChI=1S/C22H26F3N3O6/c1-31-18-9-14(10-19(32-2)20(18)33-3)5-4-13-6-7-17(34-12-22(23,24)25)15(8-13)27-28-16(11-29)21(26)30/h4-10,16,27-29H,11-12H2,1-3H3,(H2,26,30)/t16-/m0/s1. The first-order chi connectivity index (χ1) is 16.1. The number of carbonyl (C=O) groups excluding carboxylic acids is 1. The van der Waals surface area contributed by atoms with Crippen molar-refractivity contribution in [1.82, 2.24) is 5.43 Å². The predicted octanol–water partition coefficient (Wildman–Crippen LogP) is 2.59. The second-order valence-electron chi connectivity index (χ2n) is 6.86. The lowest BCUT2D eigenvalue weighted by Gasteiger charge is -2.18. The van der Waals surface area contributed by atoms with E-state index in [1.165, 1.54) is 33.5 Å². The summed E-state index contributed by atoms with van der Waals surface area (Å²) in [4.78, 5) is 11.3. The van der Waals surface area contributed by atoms with Crippen molar-refractivity contribution in [3.63, 3.8) is 0 Å². The fraction of sp³-hybridized carbons (Fsp3) is 0.318. The second kappa shape index (κ2) is 12.0. The Morgan fingerprint density at radius 2 is 1.65 bits per heavy atom. The minimum Gasteiger partial charge on any atom is -0.493 e. The van der Waals surface area contributed by atoms with Gasteiger partial charge in [0.05, 0.1) is 33.6 Å². The highest BCUT2D eigenvalue weighted by atomic mass is 19.4. The smallest absolute Gasteiger partial charge is 0.422 e. The minimum absolute atomic E-state index is 0.0935. The molecule has 1 atom stereocenters. The van der Waals surface area contributed by atoms with E-state index in [0.717, 1.165) is 0 Å². The summed E-state index contributed by atoms with van der Waals surface area (Å²) >= 11 is 0. The first-order valence-electron chi connectivity index (χ1n) is 9.85. The average Bonchev–Trinajstić information content (AvgIpc) is 2.80. The molecule has 12 heteroatoms. The van der Waals surface area contributed by atoms with Gasteiger partial charge < -0.3 is 35.2 Å². The van der Waals surface area contributed by atoms with Crippen LogP contribution in [0.25, 0.3) is 12.2 Å². The highest BCUT2D eigenvalue weighted by Gasteiger charge is 2.29.